The molecule has 1 N–H and O–H groups in total. The Morgan fingerprint density at radius 2 is 2.04 bits per heavy atom. The van der Waals surface area contributed by atoms with E-state index in [9.17, 15) is 0 Å². The molecule has 0 aliphatic carbocycles. The largest absolute Gasteiger partial charge is 0.379 e. The summed E-state index contributed by atoms with van der Waals surface area (Å²) in [6.45, 7) is 7.16. The third kappa shape index (κ3) is 4.42. The van der Waals surface area contributed by atoms with Crippen molar-refractivity contribution in [1.82, 2.24) is 20.1 Å². The number of benzene rings is 1. The molecule has 1 aromatic heterocycles. The molecule has 2 heterocycles. The van der Waals surface area contributed by atoms with Gasteiger partial charge in [-0.25, -0.2) is 0 Å². The molecular weight excluding hydrogens is 322 g/mol. The summed E-state index contributed by atoms with van der Waals surface area (Å²) in [6.07, 6.45) is 9.10. The predicted molar refractivity (Wildman–Crippen MR) is 107 cm³/mol. The van der Waals surface area contributed by atoms with Gasteiger partial charge in [-0.15, -0.1) is 0 Å². The van der Waals surface area contributed by atoms with Crippen LogP contribution < -0.4 is 5.32 Å². The van der Waals surface area contributed by atoms with E-state index in [2.05, 4.69) is 72.6 Å². The predicted octanol–water partition coefficient (Wildman–Crippen LogP) is 3.92. The Labute approximate surface area is 155 Å². The molecule has 0 saturated carbocycles. The van der Waals surface area contributed by atoms with Gasteiger partial charge in [0.2, 0.25) is 0 Å². The van der Waals surface area contributed by atoms with Crippen LogP contribution in [0.3, 0.4) is 0 Å². The second kappa shape index (κ2) is 8.04. The van der Waals surface area contributed by atoms with Crippen molar-refractivity contribution < 1.29 is 0 Å². The molecule has 0 unspecified atom stereocenters. The van der Waals surface area contributed by atoms with Crippen LogP contribution in [0.5, 0.6) is 0 Å². The maximum Gasteiger partial charge on any atom is 0.0658 e. The van der Waals surface area contributed by atoms with Gasteiger partial charge in [-0.3, -0.25) is 9.69 Å². The highest BCUT2D eigenvalue weighted by Crippen LogP contribution is 2.25. The number of nitrogens with one attached hydrogen (secondary N) is 1. The van der Waals surface area contributed by atoms with Gasteiger partial charge in [0.1, 0.15) is 0 Å². The third-order valence-corrected chi connectivity index (χ3v) is 4.26. The fraction of sp³-hybridized carbons (Fsp3) is 0.333. The van der Waals surface area contributed by atoms with E-state index in [0.717, 1.165) is 29.9 Å². The molecule has 0 amide bonds. The van der Waals surface area contributed by atoms with E-state index in [4.69, 9.17) is 5.10 Å². The zero-order chi connectivity index (χ0) is 18.5. The lowest BCUT2D eigenvalue weighted by Crippen LogP contribution is -2.25. The molecule has 0 saturated heterocycles. The van der Waals surface area contributed by atoms with Crippen molar-refractivity contribution in [3.05, 3.63) is 71.3 Å². The van der Waals surface area contributed by atoms with Crippen LogP contribution in [-0.4, -0.2) is 26.5 Å². The van der Waals surface area contributed by atoms with Crippen LogP contribution in [0.4, 0.5) is 0 Å². The molecule has 5 nitrogen and oxygen atoms in total. The van der Waals surface area contributed by atoms with Gasteiger partial charge in [-0.1, -0.05) is 36.4 Å². The molecule has 0 bridgehead atoms. The first kappa shape index (κ1) is 18.0. The summed E-state index contributed by atoms with van der Waals surface area (Å²) >= 11 is 0. The van der Waals surface area contributed by atoms with Crippen molar-refractivity contribution in [1.29, 1.82) is 0 Å². The van der Waals surface area contributed by atoms with Crippen molar-refractivity contribution in [3.63, 3.8) is 0 Å². The molecule has 5 heteroatoms. The molecular formula is C21H27N5. The molecule has 2 aromatic rings. The van der Waals surface area contributed by atoms with Crippen LogP contribution in [-0.2, 0) is 13.6 Å². The van der Waals surface area contributed by atoms with Crippen molar-refractivity contribution >= 4 is 11.8 Å². The van der Waals surface area contributed by atoms with Gasteiger partial charge in [0.25, 0.3) is 0 Å². The SMILES string of the molecule is CC1=NN(C(C)C)/C(=C(/C=C/c2ccccc2)NCc2cnn(C)c2)C1. The van der Waals surface area contributed by atoms with E-state index in [-0.39, 0.29) is 0 Å². The molecule has 0 spiro atoms. The number of aromatic nitrogens is 2. The summed E-state index contributed by atoms with van der Waals surface area (Å²) in [5.41, 5.74) is 5.80. The standard InChI is InChI=1S/C21H27N5/c1-16(2)26-21(12-17(3)24-26)20(11-10-18-8-6-5-7-9-18)22-13-19-14-23-25(4)15-19/h5-11,14-16,22H,12-13H2,1-4H3/b11-10+,21-20-. The molecule has 1 aliphatic heterocycles. The van der Waals surface area contributed by atoms with E-state index < -0.39 is 0 Å². The molecule has 0 atom stereocenters. The van der Waals surface area contributed by atoms with E-state index in [1.54, 1.807) is 0 Å². The summed E-state index contributed by atoms with van der Waals surface area (Å²) in [6, 6.07) is 10.7. The number of allylic oxidation sites excluding steroid dienone is 2. The second-order valence-corrected chi connectivity index (χ2v) is 6.93. The minimum absolute atomic E-state index is 0.322. The summed E-state index contributed by atoms with van der Waals surface area (Å²) in [7, 11) is 1.94. The van der Waals surface area contributed by atoms with Gasteiger partial charge in [0.15, 0.2) is 0 Å². The lowest BCUT2D eigenvalue weighted by atomic mass is 10.1. The number of rotatable bonds is 6. The Bertz CT molecular complexity index is 827. The number of hydrogen-bond donors (Lipinski definition) is 1. The molecule has 0 fully saturated rings. The summed E-state index contributed by atoms with van der Waals surface area (Å²) in [5, 5.41) is 14.7. The molecule has 1 aromatic carbocycles. The van der Waals surface area contributed by atoms with Crippen molar-refractivity contribution in [2.45, 2.75) is 39.8 Å². The molecule has 0 radical (unpaired) electrons. The van der Waals surface area contributed by atoms with Crippen LogP contribution in [0, 0.1) is 0 Å². The van der Waals surface area contributed by atoms with Gasteiger partial charge in [-0.05, 0) is 32.4 Å². The Hall–Kier alpha value is -2.82. The van der Waals surface area contributed by atoms with Crippen molar-refractivity contribution in [3.8, 4) is 0 Å². The average Bonchev–Trinajstić information content (AvgIpc) is 3.21. The average molecular weight is 349 g/mol. The van der Waals surface area contributed by atoms with Crippen LogP contribution in [0.1, 0.15) is 38.3 Å². The van der Waals surface area contributed by atoms with E-state index >= 15 is 0 Å². The lowest BCUT2D eigenvalue weighted by Gasteiger charge is -2.23. The van der Waals surface area contributed by atoms with Gasteiger partial charge in [-0.2, -0.15) is 10.2 Å². The third-order valence-electron chi connectivity index (χ3n) is 4.26. The minimum atomic E-state index is 0.322. The minimum Gasteiger partial charge on any atom is -0.379 e. The normalized spacial score (nSPS) is 16.5. The fourth-order valence-corrected chi connectivity index (χ4v) is 3.01. The van der Waals surface area contributed by atoms with Crippen LogP contribution in [0.15, 0.2) is 65.3 Å². The van der Waals surface area contributed by atoms with Gasteiger partial charge < -0.3 is 5.32 Å². The van der Waals surface area contributed by atoms with Gasteiger partial charge in [0, 0.05) is 43.5 Å². The first-order valence-electron chi connectivity index (χ1n) is 9.04. The van der Waals surface area contributed by atoms with Gasteiger partial charge >= 0.3 is 0 Å². The number of hydrazone groups is 1. The number of nitrogens with zero attached hydrogens (tertiary/aromatic N) is 4. The molecule has 136 valence electrons. The Kier molecular flexibility index (Phi) is 5.56. The first-order valence-corrected chi connectivity index (χ1v) is 9.04. The fourth-order valence-electron chi connectivity index (χ4n) is 3.01. The summed E-state index contributed by atoms with van der Waals surface area (Å²) in [4.78, 5) is 0. The van der Waals surface area contributed by atoms with Crippen LogP contribution in [0.2, 0.25) is 0 Å². The Morgan fingerprint density at radius 3 is 2.69 bits per heavy atom. The summed E-state index contributed by atoms with van der Waals surface area (Å²) < 4.78 is 1.83. The van der Waals surface area contributed by atoms with Crippen molar-refractivity contribution in [2.75, 3.05) is 0 Å². The number of hydrogen-bond acceptors (Lipinski definition) is 4. The molecule has 3 rings (SSSR count). The zero-order valence-corrected chi connectivity index (χ0v) is 16.0. The maximum atomic E-state index is 4.71. The van der Waals surface area contributed by atoms with E-state index in [1.165, 1.54) is 11.3 Å². The van der Waals surface area contributed by atoms with Gasteiger partial charge in [0.05, 0.1) is 17.6 Å². The Morgan fingerprint density at radius 1 is 1.27 bits per heavy atom. The zero-order valence-electron chi connectivity index (χ0n) is 16.0. The van der Waals surface area contributed by atoms with Crippen LogP contribution in [0.25, 0.3) is 6.08 Å². The lowest BCUT2D eigenvalue weighted by molar-refractivity contribution is 0.306. The topological polar surface area (TPSA) is 45.4 Å². The highest BCUT2D eigenvalue weighted by molar-refractivity contribution is 5.86. The quantitative estimate of drug-likeness (QED) is 0.859. The maximum absolute atomic E-state index is 4.71. The van der Waals surface area contributed by atoms with Crippen molar-refractivity contribution in [2.24, 2.45) is 12.1 Å². The molecule has 1 aliphatic rings. The highest BCUT2D eigenvalue weighted by atomic mass is 15.5. The number of aryl methyl sites for hydroxylation is 1. The first-order chi connectivity index (χ1) is 12.5. The smallest absolute Gasteiger partial charge is 0.0658 e. The summed E-state index contributed by atoms with van der Waals surface area (Å²) in [5.74, 6) is 0. The van der Waals surface area contributed by atoms with Crippen LogP contribution >= 0.6 is 0 Å². The highest BCUT2D eigenvalue weighted by Gasteiger charge is 2.23. The Balaban J connectivity index is 1.88. The monoisotopic (exact) mass is 349 g/mol. The molecule has 26 heavy (non-hydrogen) atoms. The van der Waals surface area contributed by atoms with E-state index in [1.807, 2.05) is 30.2 Å². The second-order valence-electron chi connectivity index (χ2n) is 6.93. The van der Waals surface area contributed by atoms with E-state index in [0.29, 0.717) is 6.04 Å².